The molecule has 1 aliphatic heterocycles. The lowest BCUT2D eigenvalue weighted by atomic mass is 10.1. The van der Waals surface area contributed by atoms with E-state index in [1.165, 1.54) is 0 Å². The van der Waals surface area contributed by atoms with E-state index in [0.717, 1.165) is 28.2 Å². The molecule has 3 aromatic rings. The van der Waals surface area contributed by atoms with Crippen molar-refractivity contribution in [2.45, 2.75) is 26.6 Å². The molecule has 0 radical (unpaired) electrons. The number of nitrogens with one attached hydrogen (secondary N) is 1. The summed E-state index contributed by atoms with van der Waals surface area (Å²) in [5.74, 6) is 2.72. The first-order chi connectivity index (χ1) is 15.5. The summed E-state index contributed by atoms with van der Waals surface area (Å²) in [7, 11) is 0. The van der Waals surface area contributed by atoms with Gasteiger partial charge < -0.3 is 24.3 Å². The molecule has 0 saturated carbocycles. The summed E-state index contributed by atoms with van der Waals surface area (Å²) in [6.45, 7) is 4.19. The molecule has 168 valence electrons. The highest BCUT2D eigenvalue weighted by Gasteiger charge is 2.14. The first kappa shape index (κ1) is 22.9. The fourth-order valence-corrected chi connectivity index (χ4v) is 3.96. The van der Waals surface area contributed by atoms with Crippen LogP contribution in [0.25, 0.3) is 0 Å². The molecular weight excluding hydrogens is 473 g/mol. The topological polar surface area (TPSA) is 49.0 Å². The fraction of sp³-hybridized carbons (Fsp3) is 0.250. The number of benzene rings is 3. The van der Waals surface area contributed by atoms with Gasteiger partial charge in [0.05, 0.1) is 6.61 Å². The molecule has 0 saturated heterocycles. The average molecular weight is 495 g/mol. The number of ether oxygens (including phenoxy) is 4. The van der Waals surface area contributed by atoms with Gasteiger partial charge in [0.1, 0.15) is 6.61 Å². The van der Waals surface area contributed by atoms with Crippen molar-refractivity contribution in [1.82, 2.24) is 5.32 Å². The zero-order valence-electron chi connectivity index (χ0n) is 17.4. The Morgan fingerprint density at radius 2 is 1.59 bits per heavy atom. The summed E-state index contributed by atoms with van der Waals surface area (Å²) in [6, 6.07) is 14.9. The van der Waals surface area contributed by atoms with E-state index < -0.39 is 0 Å². The Kier molecular flexibility index (Phi) is 7.53. The van der Waals surface area contributed by atoms with Crippen LogP contribution in [0.2, 0.25) is 15.1 Å². The molecular formula is C24H22Cl3NO4. The minimum absolute atomic E-state index is 0.265. The Morgan fingerprint density at radius 3 is 2.41 bits per heavy atom. The van der Waals surface area contributed by atoms with Crippen LogP contribution in [-0.2, 0) is 19.7 Å². The van der Waals surface area contributed by atoms with Crippen LogP contribution < -0.4 is 24.3 Å². The van der Waals surface area contributed by atoms with Gasteiger partial charge in [-0.15, -0.1) is 0 Å². The quantitative estimate of drug-likeness (QED) is 0.361. The molecule has 0 bridgehead atoms. The molecule has 5 nitrogen and oxygen atoms in total. The van der Waals surface area contributed by atoms with Crippen LogP contribution in [0.3, 0.4) is 0 Å². The highest BCUT2D eigenvalue weighted by Crippen LogP contribution is 2.35. The lowest BCUT2D eigenvalue weighted by Gasteiger charge is -2.16. The summed E-state index contributed by atoms with van der Waals surface area (Å²) < 4.78 is 22.5. The molecule has 3 aromatic carbocycles. The number of fused-ring (bicyclic) bond motifs is 1. The highest BCUT2D eigenvalue weighted by molar-refractivity contribution is 6.35. The number of hydrogen-bond acceptors (Lipinski definition) is 5. The van der Waals surface area contributed by atoms with Crippen molar-refractivity contribution in [3.05, 3.63) is 80.3 Å². The zero-order valence-corrected chi connectivity index (χ0v) is 19.7. The van der Waals surface area contributed by atoms with E-state index in [0.29, 0.717) is 46.3 Å². The second-order valence-corrected chi connectivity index (χ2v) is 8.39. The molecule has 0 atom stereocenters. The normalized spacial score (nSPS) is 12.1. The SMILES string of the molecule is CCOc1cc(CNCc2ccc3c(c2)OCO3)c(Cl)cc1OCc1ccc(Cl)cc1Cl. The molecule has 4 rings (SSSR count). The van der Waals surface area contributed by atoms with E-state index in [-0.39, 0.29) is 13.4 Å². The molecule has 1 N–H and O–H groups in total. The van der Waals surface area contributed by atoms with Gasteiger partial charge in [-0.3, -0.25) is 0 Å². The lowest BCUT2D eigenvalue weighted by Crippen LogP contribution is -2.13. The van der Waals surface area contributed by atoms with Crippen LogP contribution in [0.15, 0.2) is 48.5 Å². The molecule has 8 heteroatoms. The molecule has 0 amide bonds. The Morgan fingerprint density at radius 1 is 0.812 bits per heavy atom. The molecule has 0 aromatic heterocycles. The van der Waals surface area contributed by atoms with E-state index in [2.05, 4.69) is 5.32 Å². The number of rotatable bonds is 9. The molecule has 1 heterocycles. The van der Waals surface area contributed by atoms with Crippen molar-refractivity contribution < 1.29 is 18.9 Å². The van der Waals surface area contributed by atoms with Gasteiger partial charge >= 0.3 is 0 Å². The van der Waals surface area contributed by atoms with Gasteiger partial charge in [-0.05, 0) is 48.4 Å². The predicted octanol–water partition coefficient (Wildman–Crippen LogP) is 6.64. The van der Waals surface area contributed by atoms with Gasteiger partial charge in [-0.25, -0.2) is 0 Å². The predicted molar refractivity (Wildman–Crippen MR) is 127 cm³/mol. The van der Waals surface area contributed by atoms with Crippen molar-refractivity contribution in [2.24, 2.45) is 0 Å². The average Bonchev–Trinajstić information content (AvgIpc) is 3.23. The van der Waals surface area contributed by atoms with E-state index in [4.69, 9.17) is 53.8 Å². The van der Waals surface area contributed by atoms with E-state index in [1.807, 2.05) is 37.3 Å². The summed E-state index contributed by atoms with van der Waals surface area (Å²) >= 11 is 18.7. The van der Waals surface area contributed by atoms with Gasteiger partial charge in [0.2, 0.25) is 6.79 Å². The largest absolute Gasteiger partial charge is 0.490 e. The summed E-state index contributed by atoms with van der Waals surface area (Å²) in [5.41, 5.74) is 2.83. The van der Waals surface area contributed by atoms with Crippen LogP contribution in [0.5, 0.6) is 23.0 Å². The fourth-order valence-electron chi connectivity index (χ4n) is 3.28. The third-order valence-electron chi connectivity index (χ3n) is 4.89. The maximum Gasteiger partial charge on any atom is 0.231 e. The Labute approximate surface area is 202 Å². The van der Waals surface area contributed by atoms with Crippen molar-refractivity contribution in [3.63, 3.8) is 0 Å². The first-order valence-corrected chi connectivity index (χ1v) is 11.3. The summed E-state index contributed by atoms with van der Waals surface area (Å²) in [5, 5.41) is 5.11. The van der Waals surface area contributed by atoms with Gasteiger partial charge in [0, 0.05) is 39.8 Å². The molecule has 0 fully saturated rings. The minimum Gasteiger partial charge on any atom is -0.490 e. The Balaban J connectivity index is 1.42. The van der Waals surface area contributed by atoms with Crippen molar-refractivity contribution >= 4 is 34.8 Å². The van der Waals surface area contributed by atoms with Gasteiger partial charge in [-0.1, -0.05) is 46.9 Å². The smallest absolute Gasteiger partial charge is 0.231 e. The van der Waals surface area contributed by atoms with Gasteiger partial charge in [-0.2, -0.15) is 0 Å². The molecule has 0 unspecified atom stereocenters. The van der Waals surface area contributed by atoms with Crippen molar-refractivity contribution in [1.29, 1.82) is 0 Å². The van der Waals surface area contributed by atoms with Crippen molar-refractivity contribution in [3.8, 4) is 23.0 Å². The number of halogens is 3. The summed E-state index contributed by atoms with van der Waals surface area (Å²) in [6.07, 6.45) is 0. The van der Waals surface area contributed by atoms with Crippen LogP contribution in [0.1, 0.15) is 23.6 Å². The van der Waals surface area contributed by atoms with Crippen LogP contribution in [0, 0.1) is 0 Å². The second kappa shape index (κ2) is 10.5. The first-order valence-electron chi connectivity index (χ1n) is 10.1. The second-order valence-electron chi connectivity index (χ2n) is 7.14. The standard InChI is InChI=1S/C24H22Cl3NO4/c1-2-29-23-8-17(12-28-11-15-3-6-21-22(7-15)32-14-31-21)20(27)10-24(23)30-13-16-4-5-18(25)9-19(16)26/h3-10,28H,2,11-14H2,1H3. The van der Waals surface area contributed by atoms with E-state index in [1.54, 1.807) is 18.2 Å². The monoisotopic (exact) mass is 493 g/mol. The maximum absolute atomic E-state index is 6.54. The maximum atomic E-state index is 6.54. The van der Waals surface area contributed by atoms with Crippen LogP contribution in [0.4, 0.5) is 0 Å². The minimum atomic E-state index is 0.265. The van der Waals surface area contributed by atoms with Crippen LogP contribution >= 0.6 is 34.8 Å². The molecule has 32 heavy (non-hydrogen) atoms. The summed E-state index contributed by atoms with van der Waals surface area (Å²) in [4.78, 5) is 0. The highest BCUT2D eigenvalue weighted by atomic mass is 35.5. The lowest BCUT2D eigenvalue weighted by molar-refractivity contribution is 0.174. The van der Waals surface area contributed by atoms with E-state index >= 15 is 0 Å². The third-order valence-corrected chi connectivity index (χ3v) is 5.83. The van der Waals surface area contributed by atoms with E-state index in [9.17, 15) is 0 Å². The van der Waals surface area contributed by atoms with Crippen LogP contribution in [-0.4, -0.2) is 13.4 Å². The van der Waals surface area contributed by atoms with Gasteiger partial charge in [0.15, 0.2) is 23.0 Å². The zero-order chi connectivity index (χ0) is 22.5. The van der Waals surface area contributed by atoms with Crippen molar-refractivity contribution in [2.75, 3.05) is 13.4 Å². The Bertz CT molecular complexity index is 1110. The molecule has 1 aliphatic rings. The number of hydrogen-bond donors (Lipinski definition) is 1. The molecule has 0 aliphatic carbocycles. The van der Waals surface area contributed by atoms with Gasteiger partial charge in [0.25, 0.3) is 0 Å². The molecule has 0 spiro atoms. The third kappa shape index (κ3) is 5.54. The Hall–Kier alpha value is -2.31.